The molecule has 1 aliphatic rings. The molecule has 1 aliphatic heterocycles. The summed E-state index contributed by atoms with van der Waals surface area (Å²) >= 11 is 0. The predicted molar refractivity (Wildman–Crippen MR) is 114 cm³/mol. The molecule has 1 aromatic heterocycles. The second-order valence-corrected chi connectivity index (χ2v) is 6.99. The van der Waals surface area contributed by atoms with Gasteiger partial charge in [0.2, 0.25) is 0 Å². The van der Waals surface area contributed by atoms with Crippen molar-refractivity contribution in [1.82, 2.24) is 4.98 Å². The molecule has 5 rings (SSSR count). The van der Waals surface area contributed by atoms with E-state index in [0.717, 1.165) is 34.6 Å². The zero-order valence-electron chi connectivity index (χ0n) is 15.7. The van der Waals surface area contributed by atoms with Crippen LogP contribution in [0.2, 0.25) is 0 Å². The van der Waals surface area contributed by atoms with Crippen molar-refractivity contribution in [3.05, 3.63) is 96.2 Å². The molecule has 1 N–H and O–H groups in total. The molecular formula is C24H21N3O. The van der Waals surface area contributed by atoms with Crippen LogP contribution in [0.1, 0.15) is 23.7 Å². The number of aromatic nitrogens is 1. The van der Waals surface area contributed by atoms with Gasteiger partial charge in [0, 0.05) is 17.6 Å². The Morgan fingerprint density at radius 3 is 2.43 bits per heavy atom. The van der Waals surface area contributed by atoms with Gasteiger partial charge in [-0.15, -0.1) is 0 Å². The maximum absolute atomic E-state index is 5.29. The van der Waals surface area contributed by atoms with Gasteiger partial charge in [0.1, 0.15) is 5.75 Å². The van der Waals surface area contributed by atoms with Crippen LogP contribution < -0.4 is 9.75 Å². The summed E-state index contributed by atoms with van der Waals surface area (Å²) in [4.78, 5) is 3.59. The summed E-state index contributed by atoms with van der Waals surface area (Å²) < 4.78 is 5.29. The number of para-hydroxylation sites is 2. The first-order chi connectivity index (χ1) is 13.8. The molecule has 1 atom stereocenters. The van der Waals surface area contributed by atoms with E-state index in [4.69, 9.17) is 9.84 Å². The fourth-order valence-electron chi connectivity index (χ4n) is 3.80. The zero-order chi connectivity index (χ0) is 18.9. The van der Waals surface area contributed by atoms with Gasteiger partial charge in [-0.05, 0) is 59.5 Å². The number of H-pyrrole nitrogens is 1. The molecule has 28 heavy (non-hydrogen) atoms. The van der Waals surface area contributed by atoms with Crippen molar-refractivity contribution >= 4 is 22.3 Å². The van der Waals surface area contributed by atoms with Crippen LogP contribution in [0.15, 0.2) is 90.0 Å². The third-order valence-corrected chi connectivity index (χ3v) is 5.26. The first kappa shape index (κ1) is 16.6. The van der Waals surface area contributed by atoms with Crippen LogP contribution in [0.5, 0.6) is 5.75 Å². The summed E-state index contributed by atoms with van der Waals surface area (Å²) in [5, 5.41) is 8.36. The highest BCUT2D eigenvalue weighted by molar-refractivity contribution is 6.03. The van der Waals surface area contributed by atoms with Crippen molar-refractivity contribution in [3.63, 3.8) is 0 Å². The molecule has 138 valence electrons. The molecule has 0 amide bonds. The molecule has 0 saturated heterocycles. The van der Waals surface area contributed by atoms with Gasteiger partial charge in [0.05, 0.1) is 24.6 Å². The topological polar surface area (TPSA) is 40.6 Å². The lowest BCUT2D eigenvalue weighted by Gasteiger charge is -2.22. The summed E-state index contributed by atoms with van der Waals surface area (Å²) in [6.07, 6.45) is 0.841. The van der Waals surface area contributed by atoms with Gasteiger partial charge in [-0.2, -0.15) is 5.10 Å². The van der Waals surface area contributed by atoms with Crippen molar-refractivity contribution in [1.29, 1.82) is 0 Å². The van der Waals surface area contributed by atoms with Crippen molar-refractivity contribution in [2.24, 2.45) is 5.10 Å². The smallest absolute Gasteiger partial charge is 0.118 e. The van der Waals surface area contributed by atoms with Gasteiger partial charge < -0.3 is 9.72 Å². The highest BCUT2D eigenvalue weighted by Gasteiger charge is 2.31. The van der Waals surface area contributed by atoms with Gasteiger partial charge in [0.25, 0.3) is 0 Å². The van der Waals surface area contributed by atoms with Gasteiger partial charge in [0.15, 0.2) is 0 Å². The Bertz CT molecular complexity index is 1100. The minimum Gasteiger partial charge on any atom is -0.497 e. The Kier molecular flexibility index (Phi) is 4.09. The summed E-state index contributed by atoms with van der Waals surface area (Å²) in [5.74, 6) is 0.856. The maximum atomic E-state index is 5.29. The normalized spacial score (nSPS) is 16.4. The van der Waals surface area contributed by atoms with E-state index in [-0.39, 0.29) is 6.04 Å². The number of hydrogen-bond donors (Lipinski definition) is 1. The first-order valence-electron chi connectivity index (χ1n) is 9.46. The van der Waals surface area contributed by atoms with E-state index in [1.807, 2.05) is 18.2 Å². The van der Waals surface area contributed by atoms with Crippen LogP contribution in [0.4, 0.5) is 5.69 Å². The minimum absolute atomic E-state index is 0.131. The molecule has 0 unspecified atom stereocenters. The highest BCUT2D eigenvalue weighted by atomic mass is 16.5. The number of nitrogens with zero attached hydrogens (tertiary/aromatic N) is 2. The number of hydrogen-bond acceptors (Lipinski definition) is 3. The Morgan fingerprint density at radius 1 is 0.929 bits per heavy atom. The van der Waals surface area contributed by atoms with Crippen LogP contribution in [0.3, 0.4) is 0 Å². The average molecular weight is 367 g/mol. The second kappa shape index (κ2) is 6.89. The maximum Gasteiger partial charge on any atom is 0.118 e. The summed E-state index contributed by atoms with van der Waals surface area (Å²) in [7, 11) is 1.69. The largest absolute Gasteiger partial charge is 0.497 e. The molecule has 4 heteroatoms. The van der Waals surface area contributed by atoms with Crippen LogP contribution in [-0.4, -0.2) is 17.8 Å². The quantitative estimate of drug-likeness (QED) is 0.515. The Labute approximate surface area is 164 Å². The molecule has 4 nitrogen and oxygen atoms in total. The van der Waals surface area contributed by atoms with Crippen molar-refractivity contribution in [2.75, 3.05) is 12.1 Å². The molecule has 3 aromatic carbocycles. The van der Waals surface area contributed by atoms with Gasteiger partial charge in [-0.3, -0.25) is 5.01 Å². The Hall–Kier alpha value is -3.53. The molecule has 0 bridgehead atoms. The summed E-state index contributed by atoms with van der Waals surface area (Å²) in [6, 6.07) is 29.2. The minimum atomic E-state index is 0.131. The number of methoxy groups -OCH3 is 1. The molecule has 0 spiro atoms. The molecule has 2 heterocycles. The Balaban J connectivity index is 1.55. The molecular weight excluding hydrogens is 346 g/mol. The fraction of sp³-hybridized carbons (Fsp3) is 0.125. The van der Waals surface area contributed by atoms with E-state index in [2.05, 4.69) is 76.7 Å². The standard InChI is InChI=1S/C24H21N3O/c1-28-20-13-11-17(12-14-20)22-16-24(27(26-22)19-8-3-2-4-9-19)23-15-18-7-5-6-10-21(18)25-23/h2-15,24-25H,16H2,1H3/t24-/m0/s1. The van der Waals surface area contributed by atoms with E-state index in [9.17, 15) is 0 Å². The summed E-state index contributed by atoms with van der Waals surface area (Å²) in [5.41, 5.74) is 5.63. The van der Waals surface area contributed by atoms with E-state index in [0.29, 0.717) is 0 Å². The molecule has 0 saturated carbocycles. The number of nitrogens with one attached hydrogen (secondary N) is 1. The SMILES string of the molecule is COc1ccc(C2=NN(c3ccccc3)[C@H](c3cc4ccccc4[nH]3)C2)cc1. The van der Waals surface area contributed by atoms with Crippen molar-refractivity contribution in [2.45, 2.75) is 12.5 Å². The lowest BCUT2D eigenvalue weighted by Crippen LogP contribution is -2.18. The second-order valence-electron chi connectivity index (χ2n) is 6.99. The lowest BCUT2D eigenvalue weighted by atomic mass is 10.0. The van der Waals surface area contributed by atoms with E-state index < -0.39 is 0 Å². The van der Waals surface area contributed by atoms with E-state index in [1.165, 1.54) is 11.1 Å². The van der Waals surface area contributed by atoms with Crippen LogP contribution in [0, 0.1) is 0 Å². The number of fused-ring (bicyclic) bond motifs is 1. The van der Waals surface area contributed by atoms with Crippen LogP contribution >= 0.6 is 0 Å². The first-order valence-corrected chi connectivity index (χ1v) is 9.46. The average Bonchev–Trinajstić information content (AvgIpc) is 3.39. The third-order valence-electron chi connectivity index (χ3n) is 5.26. The predicted octanol–water partition coefficient (Wildman–Crippen LogP) is 5.53. The molecule has 0 radical (unpaired) electrons. The van der Waals surface area contributed by atoms with Gasteiger partial charge in [-0.25, -0.2) is 0 Å². The van der Waals surface area contributed by atoms with Gasteiger partial charge in [-0.1, -0.05) is 36.4 Å². The highest BCUT2D eigenvalue weighted by Crippen LogP contribution is 2.37. The number of rotatable bonds is 4. The zero-order valence-corrected chi connectivity index (χ0v) is 15.7. The number of benzene rings is 3. The number of anilines is 1. The number of ether oxygens (including phenoxy) is 1. The van der Waals surface area contributed by atoms with Crippen molar-refractivity contribution < 1.29 is 4.74 Å². The molecule has 0 aliphatic carbocycles. The van der Waals surface area contributed by atoms with E-state index >= 15 is 0 Å². The fourth-order valence-corrected chi connectivity index (χ4v) is 3.80. The van der Waals surface area contributed by atoms with Gasteiger partial charge >= 0.3 is 0 Å². The van der Waals surface area contributed by atoms with Crippen molar-refractivity contribution in [3.8, 4) is 5.75 Å². The number of hydrazone groups is 1. The van der Waals surface area contributed by atoms with E-state index in [1.54, 1.807) is 7.11 Å². The van der Waals surface area contributed by atoms with Crippen LogP contribution in [0.25, 0.3) is 10.9 Å². The summed E-state index contributed by atoms with van der Waals surface area (Å²) in [6.45, 7) is 0. The van der Waals surface area contributed by atoms with Crippen LogP contribution in [-0.2, 0) is 0 Å². The molecule has 4 aromatic rings. The monoisotopic (exact) mass is 367 g/mol. The third kappa shape index (κ3) is 2.93. The molecule has 0 fully saturated rings. The Morgan fingerprint density at radius 2 is 1.68 bits per heavy atom. The number of aromatic amines is 1. The lowest BCUT2D eigenvalue weighted by molar-refractivity contribution is 0.415.